The molecule has 1 saturated heterocycles. The average Bonchev–Trinajstić information content (AvgIpc) is 3.29. The predicted molar refractivity (Wildman–Crippen MR) is 92.9 cm³/mol. The number of primary amides is 1. The molecule has 25 heavy (non-hydrogen) atoms. The summed E-state index contributed by atoms with van der Waals surface area (Å²) in [5.41, 5.74) is 8.37. The molecule has 3 N–H and O–H groups in total. The second-order valence-electron chi connectivity index (χ2n) is 6.50. The van der Waals surface area contributed by atoms with Crippen molar-refractivity contribution in [3.05, 3.63) is 35.7 Å². The first-order chi connectivity index (χ1) is 12.2. The number of nitrogens with one attached hydrogen (secondary N) is 1. The minimum absolute atomic E-state index is 0.0252. The molecule has 7 heteroatoms. The molecule has 0 radical (unpaired) electrons. The summed E-state index contributed by atoms with van der Waals surface area (Å²) in [4.78, 5) is 25.0. The lowest BCUT2D eigenvalue weighted by Gasteiger charge is -2.16. The normalized spacial score (nSPS) is 21.9. The maximum Gasteiger partial charge on any atom is 0.246 e. The summed E-state index contributed by atoms with van der Waals surface area (Å²) in [6.45, 7) is 0.606. The fourth-order valence-electron chi connectivity index (χ4n) is 3.46. The van der Waals surface area contributed by atoms with Crippen molar-refractivity contribution in [3.8, 4) is 11.5 Å². The zero-order valence-electron chi connectivity index (χ0n) is 13.9. The molecule has 0 bridgehead atoms. The van der Waals surface area contributed by atoms with E-state index in [4.69, 9.17) is 20.4 Å². The Kier molecular flexibility index (Phi) is 4.31. The van der Waals surface area contributed by atoms with Crippen LogP contribution >= 0.6 is 0 Å². The molecule has 0 spiro atoms. The summed E-state index contributed by atoms with van der Waals surface area (Å²) < 4.78 is 5.69. The van der Waals surface area contributed by atoms with Crippen LogP contribution in [0.2, 0.25) is 0 Å². The Labute approximate surface area is 146 Å². The maximum atomic E-state index is 11.2. The zero-order valence-corrected chi connectivity index (χ0v) is 13.9. The van der Waals surface area contributed by atoms with Gasteiger partial charge < -0.3 is 15.8 Å². The number of aryl methyl sites for hydroxylation is 1. The molecule has 1 aliphatic heterocycles. The third-order valence-electron chi connectivity index (χ3n) is 4.75. The van der Waals surface area contributed by atoms with Crippen LogP contribution in [0, 0.1) is 0 Å². The van der Waals surface area contributed by atoms with Gasteiger partial charge >= 0.3 is 0 Å². The van der Waals surface area contributed by atoms with Gasteiger partial charge in [-0.15, -0.1) is 0 Å². The molecule has 0 aromatic carbocycles. The summed E-state index contributed by atoms with van der Waals surface area (Å²) >= 11 is 0. The summed E-state index contributed by atoms with van der Waals surface area (Å²) in [5, 5.41) is 3.40. The maximum absolute atomic E-state index is 11.2. The number of rotatable bonds is 5. The number of hydrogen-bond acceptors (Lipinski definition) is 6. The van der Waals surface area contributed by atoms with Crippen molar-refractivity contribution in [3.63, 3.8) is 0 Å². The van der Waals surface area contributed by atoms with E-state index in [0.29, 0.717) is 18.8 Å². The van der Waals surface area contributed by atoms with E-state index < -0.39 is 6.10 Å². The number of nitrogens with zero attached hydrogens (tertiary/aromatic N) is 3. The summed E-state index contributed by atoms with van der Waals surface area (Å²) in [5.74, 6) is 1.11. The lowest BCUT2D eigenvalue weighted by atomic mass is 10.2. The first-order valence-electron chi connectivity index (χ1n) is 8.70. The third-order valence-corrected chi connectivity index (χ3v) is 4.75. The molecule has 2 atom stereocenters. The molecule has 130 valence electrons. The van der Waals surface area contributed by atoms with Gasteiger partial charge in [0.2, 0.25) is 5.91 Å². The summed E-state index contributed by atoms with van der Waals surface area (Å²) in [6, 6.07) is 5.73. The first-order valence-corrected chi connectivity index (χ1v) is 8.70. The molecular formula is C18H21N5O2. The van der Waals surface area contributed by atoms with Gasteiger partial charge in [-0.2, -0.15) is 0 Å². The Morgan fingerprint density at radius 3 is 2.96 bits per heavy atom. The molecule has 2 aliphatic rings. The third kappa shape index (κ3) is 3.32. The van der Waals surface area contributed by atoms with Crippen molar-refractivity contribution in [2.24, 2.45) is 5.73 Å². The quantitative estimate of drug-likeness (QED) is 0.855. The van der Waals surface area contributed by atoms with Crippen LogP contribution in [0.15, 0.2) is 24.4 Å². The molecule has 2 aromatic rings. The number of carbonyl (C=O) groups excluding carboxylic acids is 1. The second-order valence-corrected chi connectivity index (χ2v) is 6.50. The fourth-order valence-corrected chi connectivity index (χ4v) is 3.46. The molecule has 0 saturated carbocycles. The number of carbonyl (C=O) groups is 1. The SMILES string of the molecule is NC(=O)C1CCC(CNc2nc(-c3ccccn3)nc3c2CCC3)O1. The Morgan fingerprint density at radius 1 is 1.28 bits per heavy atom. The van der Waals surface area contributed by atoms with E-state index >= 15 is 0 Å². The molecule has 1 fully saturated rings. The van der Waals surface area contributed by atoms with Crippen molar-refractivity contribution < 1.29 is 9.53 Å². The van der Waals surface area contributed by atoms with Gasteiger partial charge in [0.1, 0.15) is 17.6 Å². The van der Waals surface area contributed by atoms with Crippen LogP contribution in [-0.2, 0) is 22.4 Å². The van der Waals surface area contributed by atoms with Crippen molar-refractivity contribution in [2.45, 2.75) is 44.3 Å². The Balaban J connectivity index is 1.53. The highest BCUT2D eigenvalue weighted by Crippen LogP contribution is 2.29. The number of amides is 1. The topological polar surface area (TPSA) is 103 Å². The lowest BCUT2D eigenvalue weighted by molar-refractivity contribution is -0.128. The molecule has 2 aromatic heterocycles. The van der Waals surface area contributed by atoms with Crippen LogP contribution in [0.4, 0.5) is 5.82 Å². The molecular weight excluding hydrogens is 318 g/mol. The van der Waals surface area contributed by atoms with Gasteiger partial charge in [0.05, 0.1) is 6.10 Å². The minimum Gasteiger partial charge on any atom is -0.367 e. The van der Waals surface area contributed by atoms with Gasteiger partial charge in [-0.3, -0.25) is 9.78 Å². The van der Waals surface area contributed by atoms with Crippen LogP contribution < -0.4 is 11.1 Å². The van der Waals surface area contributed by atoms with Crippen LogP contribution in [-0.4, -0.2) is 39.6 Å². The van der Waals surface area contributed by atoms with Gasteiger partial charge in [-0.1, -0.05) is 6.07 Å². The van der Waals surface area contributed by atoms with E-state index in [2.05, 4.69) is 10.3 Å². The molecule has 3 heterocycles. The average molecular weight is 339 g/mol. The van der Waals surface area contributed by atoms with Crippen LogP contribution in [0.25, 0.3) is 11.5 Å². The van der Waals surface area contributed by atoms with Gasteiger partial charge in [0, 0.05) is 24.0 Å². The first kappa shape index (κ1) is 16.0. The number of anilines is 1. The molecule has 7 nitrogen and oxygen atoms in total. The van der Waals surface area contributed by atoms with Crippen LogP contribution in [0.5, 0.6) is 0 Å². The van der Waals surface area contributed by atoms with E-state index in [9.17, 15) is 4.79 Å². The number of pyridine rings is 1. The summed E-state index contributed by atoms with van der Waals surface area (Å²) in [7, 11) is 0. The zero-order chi connectivity index (χ0) is 17.2. The Bertz CT molecular complexity index is 781. The lowest BCUT2D eigenvalue weighted by Crippen LogP contribution is -2.30. The van der Waals surface area contributed by atoms with Crippen molar-refractivity contribution in [1.82, 2.24) is 15.0 Å². The number of hydrogen-bond donors (Lipinski definition) is 2. The molecule has 4 rings (SSSR count). The highest BCUT2D eigenvalue weighted by molar-refractivity contribution is 5.79. The number of fused-ring (bicyclic) bond motifs is 1. The Hall–Kier alpha value is -2.54. The molecule has 1 aliphatic carbocycles. The van der Waals surface area contributed by atoms with Crippen molar-refractivity contribution in [1.29, 1.82) is 0 Å². The van der Waals surface area contributed by atoms with Crippen LogP contribution in [0.3, 0.4) is 0 Å². The fraction of sp³-hybridized carbons (Fsp3) is 0.444. The highest BCUT2D eigenvalue weighted by atomic mass is 16.5. The monoisotopic (exact) mass is 339 g/mol. The number of ether oxygens (including phenoxy) is 1. The Morgan fingerprint density at radius 2 is 2.20 bits per heavy atom. The van der Waals surface area contributed by atoms with E-state index in [0.717, 1.165) is 42.9 Å². The predicted octanol–water partition coefficient (Wildman–Crippen LogP) is 1.47. The highest BCUT2D eigenvalue weighted by Gasteiger charge is 2.29. The number of aromatic nitrogens is 3. The van der Waals surface area contributed by atoms with E-state index in [1.54, 1.807) is 6.20 Å². The van der Waals surface area contributed by atoms with E-state index in [1.807, 2.05) is 18.2 Å². The van der Waals surface area contributed by atoms with Crippen LogP contribution in [0.1, 0.15) is 30.5 Å². The second kappa shape index (κ2) is 6.76. The smallest absolute Gasteiger partial charge is 0.246 e. The van der Waals surface area contributed by atoms with Gasteiger partial charge in [0.25, 0.3) is 0 Å². The van der Waals surface area contributed by atoms with E-state index in [1.165, 1.54) is 5.56 Å². The van der Waals surface area contributed by atoms with Crippen molar-refractivity contribution in [2.75, 3.05) is 11.9 Å². The van der Waals surface area contributed by atoms with Gasteiger partial charge in [-0.05, 0) is 44.2 Å². The largest absolute Gasteiger partial charge is 0.367 e. The van der Waals surface area contributed by atoms with Gasteiger partial charge in [-0.25, -0.2) is 9.97 Å². The molecule has 2 unspecified atom stereocenters. The number of nitrogens with two attached hydrogens (primary N) is 1. The summed E-state index contributed by atoms with van der Waals surface area (Å²) in [6.07, 6.45) is 5.80. The van der Waals surface area contributed by atoms with E-state index in [-0.39, 0.29) is 12.0 Å². The minimum atomic E-state index is -0.466. The molecule has 1 amide bonds. The standard InChI is InChI=1S/C18H21N5O2/c19-16(24)15-8-7-11(25-15)10-21-17-12-4-3-6-13(12)22-18(23-17)14-5-1-2-9-20-14/h1-2,5,9,11,15H,3-4,6-8,10H2,(H2,19,24)(H,21,22,23). The van der Waals surface area contributed by atoms with Crippen molar-refractivity contribution >= 4 is 11.7 Å². The van der Waals surface area contributed by atoms with Gasteiger partial charge in [0.15, 0.2) is 5.82 Å².